The van der Waals surface area contributed by atoms with Crippen LogP contribution < -0.4 is 4.74 Å². The van der Waals surface area contributed by atoms with Crippen LogP contribution in [0.15, 0.2) is 48.5 Å². The number of carbonyl (C=O) groups excluding carboxylic acids is 1. The van der Waals surface area contributed by atoms with E-state index in [2.05, 4.69) is 45.0 Å². The normalized spacial score (nSPS) is 11.6. The van der Waals surface area contributed by atoms with Gasteiger partial charge in [0, 0.05) is 6.54 Å². The SMILES string of the molecule is COc1ccccc1C(=O)CN(C)Cc1ccc(C(C)(C)C)cc1. The highest BCUT2D eigenvalue weighted by Crippen LogP contribution is 2.22. The summed E-state index contributed by atoms with van der Waals surface area (Å²) in [5.74, 6) is 0.701. The first-order chi connectivity index (χ1) is 11.3. The number of nitrogens with zero attached hydrogens (tertiary/aromatic N) is 1. The second-order valence-corrected chi connectivity index (χ2v) is 7.24. The summed E-state index contributed by atoms with van der Waals surface area (Å²) in [6.07, 6.45) is 0. The van der Waals surface area contributed by atoms with Crippen molar-refractivity contribution in [2.24, 2.45) is 0 Å². The molecule has 2 rings (SSSR count). The summed E-state index contributed by atoms with van der Waals surface area (Å²) < 4.78 is 5.27. The van der Waals surface area contributed by atoms with Crippen LogP contribution in [-0.2, 0) is 12.0 Å². The van der Waals surface area contributed by atoms with Crippen molar-refractivity contribution in [1.29, 1.82) is 0 Å². The molecule has 128 valence electrons. The van der Waals surface area contributed by atoms with Crippen LogP contribution in [-0.4, -0.2) is 31.4 Å². The quantitative estimate of drug-likeness (QED) is 0.741. The number of hydrogen-bond donors (Lipinski definition) is 0. The maximum atomic E-state index is 12.5. The smallest absolute Gasteiger partial charge is 0.180 e. The number of ether oxygens (including phenoxy) is 1. The molecular formula is C21H27NO2. The van der Waals surface area contributed by atoms with E-state index in [4.69, 9.17) is 4.74 Å². The third kappa shape index (κ3) is 4.68. The summed E-state index contributed by atoms with van der Waals surface area (Å²) in [6, 6.07) is 16.0. The van der Waals surface area contributed by atoms with Gasteiger partial charge in [-0.2, -0.15) is 0 Å². The summed E-state index contributed by atoms with van der Waals surface area (Å²) in [7, 11) is 3.55. The molecule has 0 amide bonds. The minimum Gasteiger partial charge on any atom is -0.496 e. The fraction of sp³-hybridized carbons (Fsp3) is 0.381. The first-order valence-corrected chi connectivity index (χ1v) is 8.25. The zero-order chi connectivity index (χ0) is 17.7. The Bertz CT molecular complexity index is 684. The number of rotatable bonds is 6. The van der Waals surface area contributed by atoms with Crippen LogP contribution in [0.3, 0.4) is 0 Å². The summed E-state index contributed by atoms with van der Waals surface area (Å²) in [6.45, 7) is 7.73. The molecule has 0 aliphatic carbocycles. The molecule has 0 radical (unpaired) electrons. The number of benzene rings is 2. The number of carbonyl (C=O) groups is 1. The van der Waals surface area contributed by atoms with Crippen molar-refractivity contribution in [3.8, 4) is 5.75 Å². The Labute approximate surface area is 145 Å². The van der Waals surface area contributed by atoms with Gasteiger partial charge in [0.1, 0.15) is 5.75 Å². The lowest BCUT2D eigenvalue weighted by Crippen LogP contribution is -2.26. The molecule has 0 atom stereocenters. The lowest BCUT2D eigenvalue weighted by molar-refractivity contribution is 0.0940. The average Bonchev–Trinajstić information content (AvgIpc) is 2.54. The van der Waals surface area contributed by atoms with Crippen molar-refractivity contribution >= 4 is 5.78 Å². The van der Waals surface area contributed by atoms with Crippen molar-refractivity contribution in [2.75, 3.05) is 20.7 Å². The van der Waals surface area contributed by atoms with Crippen molar-refractivity contribution in [1.82, 2.24) is 4.90 Å². The van der Waals surface area contributed by atoms with E-state index in [1.54, 1.807) is 7.11 Å². The molecule has 2 aromatic carbocycles. The minimum atomic E-state index is 0.0706. The molecule has 0 spiro atoms. The summed E-state index contributed by atoms with van der Waals surface area (Å²) in [5, 5.41) is 0. The van der Waals surface area contributed by atoms with Gasteiger partial charge in [-0.1, -0.05) is 57.2 Å². The standard InChI is InChI=1S/C21H27NO2/c1-21(2,3)17-12-10-16(11-13-17)14-22(4)15-19(23)18-8-6-7-9-20(18)24-5/h6-13H,14-15H2,1-5H3. The first kappa shape index (κ1) is 18.2. The van der Waals surface area contributed by atoms with Gasteiger partial charge >= 0.3 is 0 Å². The lowest BCUT2D eigenvalue weighted by Gasteiger charge is -2.20. The van der Waals surface area contributed by atoms with E-state index in [0.29, 0.717) is 17.9 Å². The van der Waals surface area contributed by atoms with Gasteiger partial charge < -0.3 is 4.74 Å². The van der Waals surface area contributed by atoms with Gasteiger partial charge in [0.05, 0.1) is 19.2 Å². The van der Waals surface area contributed by atoms with Gasteiger partial charge in [-0.15, -0.1) is 0 Å². The third-order valence-electron chi connectivity index (χ3n) is 4.09. The molecule has 0 saturated heterocycles. The van der Waals surface area contributed by atoms with E-state index < -0.39 is 0 Å². The number of Topliss-reactive ketones (excluding diaryl/α,β-unsaturated/α-hetero) is 1. The first-order valence-electron chi connectivity index (χ1n) is 8.25. The Hall–Kier alpha value is -2.13. The van der Waals surface area contributed by atoms with Crippen molar-refractivity contribution in [3.05, 3.63) is 65.2 Å². The Morgan fingerprint density at radius 3 is 2.25 bits per heavy atom. The van der Waals surface area contributed by atoms with Crippen molar-refractivity contribution in [2.45, 2.75) is 32.7 Å². The van der Waals surface area contributed by atoms with Gasteiger partial charge in [-0.05, 0) is 35.7 Å². The molecule has 0 N–H and O–H groups in total. The highest BCUT2D eigenvalue weighted by molar-refractivity contribution is 6.00. The predicted octanol–water partition coefficient (Wildman–Crippen LogP) is 4.31. The summed E-state index contributed by atoms with van der Waals surface area (Å²) in [4.78, 5) is 14.5. The van der Waals surface area contributed by atoms with Crippen LogP contribution >= 0.6 is 0 Å². The second kappa shape index (κ2) is 7.63. The number of para-hydroxylation sites is 1. The lowest BCUT2D eigenvalue weighted by atomic mass is 9.87. The predicted molar refractivity (Wildman–Crippen MR) is 98.8 cm³/mol. The largest absolute Gasteiger partial charge is 0.496 e. The van der Waals surface area contributed by atoms with E-state index in [-0.39, 0.29) is 11.2 Å². The molecule has 0 fully saturated rings. The van der Waals surface area contributed by atoms with E-state index >= 15 is 0 Å². The summed E-state index contributed by atoms with van der Waals surface area (Å²) in [5.41, 5.74) is 3.32. The van der Waals surface area contributed by atoms with Crippen LogP contribution in [0.2, 0.25) is 0 Å². The molecule has 2 aromatic rings. The van der Waals surface area contributed by atoms with Crippen LogP contribution in [0.1, 0.15) is 42.3 Å². The van der Waals surface area contributed by atoms with E-state index in [9.17, 15) is 4.79 Å². The Kier molecular flexibility index (Phi) is 5.79. The third-order valence-corrected chi connectivity index (χ3v) is 4.09. The van der Waals surface area contributed by atoms with Crippen molar-refractivity contribution in [3.63, 3.8) is 0 Å². The fourth-order valence-corrected chi connectivity index (χ4v) is 2.68. The van der Waals surface area contributed by atoms with Crippen LogP contribution in [0.5, 0.6) is 5.75 Å². The van der Waals surface area contributed by atoms with Crippen LogP contribution in [0, 0.1) is 0 Å². The molecular weight excluding hydrogens is 298 g/mol. The van der Waals surface area contributed by atoms with Gasteiger partial charge in [0.25, 0.3) is 0 Å². The van der Waals surface area contributed by atoms with Crippen molar-refractivity contribution < 1.29 is 9.53 Å². The number of methoxy groups -OCH3 is 1. The average molecular weight is 325 g/mol. The Balaban J connectivity index is 2.00. The molecule has 0 saturated carbocycles. The van der Waals surface area contributed by atoms with E-state index in [1.165, 1.54) is 11.1 Å². The van der Waals surface area contributed by atoms with Gasteiger partial charge in [-0.25, -0.2) is 0 Å². The maximum absolute atomic E-state index is 12.5. The van der Waals surface area contributed by atoms with E-state index in [1.807, 2.05) is 36.2 Å². The number of likely N-dealkylation sites (N-methyl/N-ethyl adjacent to an activating group) is 1. The number of hydrogen-bond acceptors (Lipinski definition) is 3. The maximum Gasteiger partial charge on any atom is 0.180 e. The highest BCUT2D eigenvalue weighted by Gasteiger charge is 2.15. The van der Waals surface area contributed by atoms with Crippen LogP contribution in [0.25, 0.3) is 0 Å². The molecule has 0 aliphatic heterocycles. The Morgan fingerprint density at radius 2 is 1.67 bits per heavy atom. The monoisotopic (exact) mass is 325 g/mol. The Morgan fingerprint density at radius 1 is 1.04 bits per heavy atom. The highest BCUT2D eigenvalue weighted by atomic mass is 16.5. The minimum absolute atomic E-state index is 0.0706. The van der Waals surface area contributed by atoms with Crippen LogP contribution in [0.4, 0.5) is 0 Å². The fourth-order valence-electron chi connectivity index (χ4n) is 2.68. The van der Waals surface area contributed by atoms with Gasteiger partial charge in [-0.3, -0.25) is 9.69 Å². The second-order valence-electron chi connectivity index (χ2n) is 7.24. The molecule has 0 aromatic heterocycles. The molecule has 0 bridgehead atoms. The summed E-state index contributed by atoms with van der Waals surface area (Å²) >= 11 is 0. The molecule has 3 heteroatoms. The van der Waals surface area contributed by atoms with Gasteiger partial charge in [0.15, 0.2) is 5.78 Å². The molecule has 0 heterocycles. The zero-order valence-electron chi connectivity index (χ0n) is 15.3. The molecule has 0 unspecified atom stereocenters. The number of ketones is 1. The molecule has 0 aliphatic rings. The molecule has 24 heavy (non-hydrogen) atoms. The zero-order valence-corrected chi connectivity index (χ0v) is 15.3. The van der Waals surface area contributed by atoms with E-state index in [0.717, 1.165) is 6.54 Å². The van der Waals surface area contributed by atoms with Gasteiger partial charge in [0.2, 0.25) is 0 Å². The topological polar surface area (TPSA) is 29.5 Å². The molecule has 3 nitrogen and oxygen atoms in total.